The van der Waals surface area contributed by atoms with Crippen molar-refractivity contribution in [1.29, 1.82) is 0 Å². The minimum Gasteiger partial charge on any atom is -0.456 e. The molecule has 2 aromatic rings. The molecule has 6 N–H and O–H groups in total. The maximum atomic E-state index is 14.5. The molecule has 0 spiro atoms. The van der Waals surface area contributed by atoms with Gasteiger partial charge in [0.15, 0.2) is 0 Å². The van der Waals surface area contributed by atoms with E-state index in [1.807, 2.05) is 32.0 Å². The summed E-state index contributed by atoms with van der Waals surface area (Å²) in [5.74, 6) is -1.18. The molecular weight excluding hydrogens is 445 g/mol. The molecule has 2 unspecified atom stereocenters. The number of nitrogens with zero attached hydrogens (tertiary/aromatic N) is 2. The number of aryl methyl sites for hydroxylation is 2. The van der Waals surface area contributed by atoms with Crippen molar-refractivity contribution in [2.24, 2.45) is 32.5 Å². The first kappa shape index (κ1) is 26.3. The van der Waals surface area contributed by atoms with Gasteiger partial charge < -0.3 is 16.2 Å². The van der Waals surface area contributed by atoms with Crippen molar-refractivity contribution < 1.29 is 18.1 Å². The van der Waals surface area contributed by atoms with E-state index < -0.39 is 28.8 Å². The number of hydrogen-bond donors (Lipinski definition) is 3. The number of carbonyl (C=O) groups excluding carboxylic acids is 1. The lowest BCUT2D eigenvalue weighted by Crippen LogP contribution is -2.38. The predicted molar refractivity (Wildman–Crippen MR) is 129 cm³/mol. The van der Waals surface area contributed by atoms with Crippen LogP contribution in [-0.2, 0) is 26.9 Å². The molecule has 0 radical (unpaired) electrons. The molecule has 0 saturated heterocycles. The van der Waals surface area contributed by atoms with Crippen LogP contribution in [0.3, 0.4) is 0 Å². The van der Waals surface area contributed by atoms with Crippen LogP contribution < -0.4 is 16.6 Å². The van der Waals surface area contributed by atoms with Crippen molar-refractivity contribution in [2.75, 3.05) is 6.61 Å². The van der Waals surface area contributed by atoms with Crippen molar-refractivity contribution in [2.45, 2.75) is 45.1 Å². The Labute approximate surface area is 195 Å². The molecule has 0 aliphatic heterocycles. The Hall–Kier alpha value is -2.95. The topological polar surface area (TPSA) is 146 Å². The van der Waals surface area contributed by atoms with Crippen molar-refractivity contribution in [1.82, 2.24) is 0 Å². The van der Waals surface area contributed by atoms with E-state index in [2.05, 4.69) is 9.98 Å². The average molecular weight is 476 g/mol. The van der Waals surface area contributed by atoms with Gasteiger partial charge in [-0.25, -0.2) is 23.7 Å². The third kappa shape index (κ3) is 7.85. The quantitative estimate of drug-likeness (QED) is 0.305. The molecule has 2 rings (SSSR count). The van der Waals surface area contributed by atoms with Gasteiger partial charge in [0.2, 0.25) is 0 Å². The highest BCUT2D eigenvalue weighted by atomic mass is 32.2. The van der Waals surface area contributed by atoms with Crippen molar-refractivity contribution >= 4 is 34.3 Å². The summed E-state index contributed by atoms with van der Waals surface area (Å²) < 4.78 is 31.1. The van der Waals surface area contributed by atoms with Crippen molar-refractivity contribution in [3.63, 3.8) is 0 Å². The standard InChI is InChI=1S/C23H30FN5O3S/c1-13(2)22(26)23(30)32-12-20(25)29-21(10-16-9-14(3)5-6-15(16)4)28-19-8-7-17(33(27)31)11-18(19)24/h5-9,11,13,22H,10,12,26-27H2,1-4H3,(H2,25,28,29). The molecular formula is C23H30FN5O3S. The Morgan fingerprint density at radius 1 is 1.18 bits per heavy atom. The molecule has 2 atom stereocenters. The lowest BCUT2D eigenvalue weighted by molar-refractivity contribution is -0.144. The van der Waals surface area contributed by atoms with Crippen LogP contribution in [0.5, 0.6) is 0 Å². The van der Waals surface area contributed by atoms with E-state index >= 15 is 0 Å². The van der Waals surface area contributed by atoms with Crippen LogP contribution in [0.1, 0.15) is 30.5 Å². The molecule has 0 amide bonds. The molecule has 33 heavy (non-hydrogen) atoms. The maximum Gasteiger partial charge on any atom is 0.323 e. The zero-order valence-electron chi connectivity index (χ0n) is 19.2. The number of nitrogens with two attached hydrogens (primary N) is 3. The number of carbonyl (C=O) groups is 1. The Balaban J connectivity index is 2.37. The smallest absolute Gasteiger partial charge is 0.323 e. The van der Waals surface area contributed by atoms with Crippen LogP contribution in [0.25, 0.3) is 0 Å². The van der Waals surface area contributed by atoms with Crippen LogP contribution in [0, 0.1) is 25.6 Å². The molecule has 0 aromatic heterocycles. The molecule has 0 saturated carbocycles. The van der Waals surface area contributed by atoms with Crippen molar-refractivity contribution in [3.8, 4) is 0 Å². The molecule has 0 heterocycles. The number of ether oxygens (including phenoxy) is 1. The van der Waals surface area contributed by atoms with Gasteiger partial charge in [-0.15, -0.1) is 0 Å². The van der Waals surface area contributed by atoms with E-state index in [1.165, 1.54) is 12.1 Å². The Morgan fingerprint density at radius 2 is 1.88 bits per heavy atom. The highest BCUT2D eigenvalue weighted by Crippen LogP contribution is 2.22. The maximum absolute atomic E-state index is 14.5. The van der Waals surface area contributed by atoms with E-state index in [0.29, 0.717) is 0 Å². The summed E-state index contributed by atoms with van der Waals surface area (Å²) in [6.45, 7) is 7.23. The second-order valence-corrected chi connectivity index (χ2v) is 9.09. The molecule has 10 heteroatoms. The van der Waals surface area contributed by atoms with E-state index in [-0.39, 0.29) is 41.2 Å². The largest absolute Gasteiger partial charge is 0.456 e. The fourth-order valence-corrected chi connectivity index (χ4v) is 3.24. The summed E-state index contributed by atoms with van der Waals surface area (Å²) in [7, 11) is -1.82. The first-order valence-corrected chi connectivity index (χ1v) is 11.5. The minimum atomic E-state index is -1.82. The Kier molecular flexibility index (Phi) is 9.39. The lowest BCUT2D eigenvalue weighted by Gasteiger charge is -2.14. The highest BCUT2D eigenvalue weighted by Gasteiger charge is 2.19. The molecule has 0 aliphatic rings. The van der Waals surface area contributed by atoms with Crippen LogP contribution in [-0.4, -0.2) is 34.5 Å². The Bertz CT molecular complexity index is 1100. The summed E-state index contributed by atoms with van der Waals surface area (Å²) in [6.07, 6.45) is 0.262. The van der Waals surface area contributed by atoms with Crippen LogP contribution in [0.2, 0.25) is 0 Å². The zero-order chi connectivity index (χ0) is 24.7. The average Bonchev–Trinajstić information content (AvgIpc) is 2.75. The molecule has 0 bridgehead atoms. The minimum absolute atomic E-state index is 0.0107. The lowest BCUT2D eigenvalue weighted by atomic mass is 10.0. The molecule has 2 aromatic carbocycles. The Morgan fingerprint density at radius 3 is 2.48 bits per heavy atom. The summed E-state index contributed by atoms with van der Waals surface area (Å²) in [5, 5.41) is 5.31. The second-order valence-electron chi connectivity index (χ2n) is 8.03. The van der Waals surface area contributed by atoms with E-state index in [0.717, 1.165) is 22.8 Å². The normalized spacial score (nSPS) is 14.3. The van der Waals surface area contributed by atoms with E-state index in [9.17, 15) is 13.4 Å². The zero-order valence-corrected chi connectivity index (χ0v) is 20.0. The predicted octanol–water partition coefficient (Wildman–Crippen LogP) is 2.58. The molecule has 178 valence electrons. The second kappa shape index (κ2) is 11.8. The van der Waals surface area contributed by atoms with E-state index in [1.54, 1.807) is 13.8 Å². The van der Waals surface area contributed by atoms with Gasteiger partial charge in [0.25, 0.3) is 0 Å². The number of halogens is 1. The molecule has 8 nitrogen and oxygen atoms in total. The fourth-order valence-electron chi connectivity index (χ4n) is 2.82. The number of benzene rings is 2. The third-order valence-corrected chi connectivity index (χ3v) is 5.60. The molecule has 0 fully saturated rings. The van der Waals surface area contributed by atoms with Gasteiger partial charge in [-0.2, -0.15) is 0 Å². The summed E-state index contributed by atoms with van der Waals surface area (Å²) in [6, 6.07) is 9.01. The first-order chi connectivity index (χ1) is 15.5. The van der Waals surface area contributed by atoms with E-state index in [4.69, 9.17) is 21.3 Å². The van der Waals surface area contributed by atoms with Gasteiger partial charge in [0.05, 0.1) is 4.90 Å². The number of hydrogen-bond acceptors (Lipinski definition) is 5. The number of amidine groups is 2. The van der Waals surface area contributed by atoms with Crippen LogP contribution in [0.15, 0.2) is 51.3 Å². The van der Waals surface area contributed by atoms with Gasteiger partial charge >= 0.3 is 5.97 Å². The van der Waals surface area contributed by atoms with Gasteiger partial charge in [-0.05, 0) is 49.1 Å². The third-order valence-electron chi connectivity index (χ3n) is 4.88. The first-order valence-electron chi connectivity index (χ1n) is 10.3. The van der Waals surface area contributed by atoms with Crippen LogP contribution >= 0.6 is 0 Å². The van der Waals surface area contributed by atoms with Gasteiger partial charge in [-0.1, -0.05) is 37.6 Å². The number of esters is 1. The van der Waals surface area contributed by atoms with Gasteiger partial charge in [-0.3, -0.25) is 4.79 Å². The summed E-state index contributed by atoms with van der Waals surface area (Å²) in [4.78, 5) is 20.7. The number of rotatable bonds is 8. The highest BCUT2D eigenvalue weighted by molar-refractivity contribution is 7.82. The fraction of sp³-hybridized carbons (Fsp3) is 0.348. The van der Waals surface area contributed by atoms with Crippen LogP contribution in [0.4, 0.5) is 10.1 Å². The van der Waals surface area contributed by atoms with Crippen molar-refractivity contribution in [3.05, 3.63) is 58.9 Å². The number of aliphatic imine (C=N–C) groups is 2. The SMILES string of the molecule is Cc1ccc(C)c(CC(N=C(N)COC(=O)C(N)C(C)C)=Nc2ccc(S(N)=O)cc2F)c1. The molecule has 0 aliphatic carbocycles. The van der Waals surface area contributed by atoms with Gasteiger partial charge in [0, 0.05) is 6.42 Å². The summed E-state index contributed by atoms with van der Waals surface area (Å²) >= 11 is 0. The summed E-state index contributed by atoms with van der Waals surface area (Å²) in [5.41, 5.74) is 14.7. The monoisotopic (exact) mass is 475 g/mol. The van der Waals surface area contributed by atoms with Gasteiger partial charge in [0.1, 0.15) is 46.8 Å².